The van der Waals surface area contributed by atoms with Crippen LogP contribution in [-0.4, -0.2) is 30.9 Å². The monoisotopic (exact) mass is 237 g/mol. The van der Waals surface area contributed by atoms with Gasteiger partial charge < -0.3 is 10.6 Å². The van der Waals surface area contributed by atoms with Gasteiger partial charge in [0.25, 0.3) is 0 Å². The molecule has 4 nitrogen and oxygen atoms in total. The van der Waals surface area contributed by atoms with E-state index in [0.717, 1.165) is 25.7 Å². The van der Waals surface area contributed by atoms with Crippen molar-refractivity contribution in [1.82, 2.24) is 4.90 Å². The third kappa shape index (κ3) is 3.19. The Balaban J connectivity index is 2.68. The highest BCUT2D eigenvalue weighted by molar-refractivity contribution is 5.83. The molecule has 1 rings (SSSR count). The number of hydrogen-bond acceptors (Lipinski definition) is 3. The number of amides is 1. The van der Waals surface area contributed by atoms with Crippen LogP contribution in [0.25, 0.3) is 0 Å². The van der Waals surface area contributed by atoms with E-state index in [1.807, 2.05) is 6.92 Å². The molecule has 96 valence electrons. The smallest absolute Gasteiger partial charge is 0.229 e. The van der Waals surface area contributed by atoms with Crippen molar-refractivity contribution >= 4 is 5.91 Å². The first-order valence-electron chi connectivity index (χ1n) is 6.41. The van der Waals surface area contributed by atoms with Gasteiger partial charge in [0.2, 0.25) is 5.91 Å². The van der Waals surface area contributed by atoms with E-state index < -0.39 is 0 Å². The molecular formula is C13H23N3O. The quantitative estimate of drug-likeness (QED) is 0.805. The van der Waals surface area contributed by atoms with Crippen LogP contribution >= 0.6 is 0 Å². The van der Waals surface area contributed by atoms with Crippen LogP contribution in [0.15, 0.2) is 0 Å². The third-order valence-corrected chi connectivity index (χ3v) is 3.77. The lowest BCUT2D eigenvalue weighted by Crippen LogP contribution is -2.48. The highest BCUT2D eigenvalue weighted by atomic mass is 16.2. The van der Waals surface area contributed by atoms with Crippen molar-refractivity contribution in [3.05, 3.63) is 0 Å². The zero-order valence-corrected chi connectivity index (χ0v) is 10.9. The summed E-state index contributed by atoms with van der Waals surface area (Å²) in [6.45, 7) is 2.76. The summed E-state index contributed by atoms with van der Waals surface area (Å²) in [6.07, 6.45) is 5.17. The Hall–Kier alpha value is -1.08. The van der Waals surface area contributed by atoms with Crippen LogP contribution in [0.1, 0.15) is 39.0 Å². The second-order valence-electron chi connectivity index (χ2n) is 5.26. The van der Waals surface area contributed by atoms with Gasteiger partial charge in [-0.1, -0.05) is 19.3 Å². The van der Waals surface area contributed by atoms with Crippen molar-refractivity contribution in [1.29, 1.82) is 5.26 Å². The molecule has 0 heterocycles. The van der Waals surface area contributed by atoms with Gasteiger partial charge in [0.05, 0.1) is 17.4 Å². The van der Waals surface area contributed by atoms with Crippen LogP contribution in [-0.2, 0) is 4.79 Å². The zero-order chi connectivity index (χ0) is 12.9. The average Bonchev–Trinajstić information content (AvgIpc) is 2.38. The Morgan fingerprint density at radius 1 is 1.47 bits per heavy atom. The fraction of sp³-hybridized carbons (Fsp3) is 0.846. The summed E-state index contributed by atoms with van der Waals surface area (Å²) in [6, 6.07) is 2.16. The molecule has 1 saturated carbocycles. The Bertz CT molecular complexity index is 302. The Morgan fingerprint density at radius 2 is 2.06 bits per heavy atom. The molecule has 0 spiro atoms. The Labute approximate surface area is 104 Å². The highest BCUT2D eigenvalue weighted by Crippen LogP contribution is 2.36. The molecule has 0 bridgehead atoms. The number of rotatable bonds is 4. The molecule has 0 radical (unpaired) electrons. The first kappa shape index (κ1) is 14.0. The third-order valence-electron chi connectivity index (χ3n) is 3.77. The second-order valence-corrected chi connectivity index (χ2v) is 5.26. The van der Waals surface area contributed by atoms with Gasteiger partial charge in [-0.3, -0.25) is 4.79 Å². The lowest BCUT2D eigenvalue weighted by Gasteiger charge is -2.38. The molecule has 17 heavy (non-hydrogen) atoms. The van der Waals surface area contributed by atoms with Crippen molar-refractivity contribution < 1.29 is 4.79 Å². The molecular weight excluding hydrogens is 214 g/mol. The minimum Gasteiger partial charge on any atom is -0.344 e. The van der Waals surface area contributed by atoms with E-state index in [1.165, 1.54) is 6.42 Å². The molecule has 0 saturated heterocycles. The summed E-state index contributed by atoms with van der Waals surface area (Å²) < 4.78 is 0. The van der Waals surface area contributed by atoms with Gasteiger partial charge in [-0.15, -0.1) is 0 Å². The average molecular weight is 237 g/mol. The molecule has 0 aromatic heterocycles. The minimum atomic E-state index is -0.359. The predicted octanol–water partition coefficient (Wildman–Crippen LogP) is 1.51. The van der Waals surface area contributed by atoms with Crippen LogP contribution in [0.4, 0.5) is 0 Å². The molecule has 1 aliphatic carbocycles. The van der Waals surface area contributed by atoms with Gasteiger partial charge in [0.15, 0.2) is 0 Å². The summed E-state index contributed by atoms with van der Waals surface area (Å²) in [4.78, 5) is 14.1. The van der Waals surface area contributed by atoms with E-state index in [2.05, 4.69) is 6.07 Å². The van der Waals surface area contributed by atoms with E-state index in [-0.39, 0.29) is 17.2 Å². The summed E-state index contributed by atoms with van der Waals surface area (Å²) >= 11 is 0. The fourth-order valence-corrected chi connectivity index (χ4v) is 2.67. The van der Waals surface area contributed by atoms with Gasteiger partial charge >= 0.3 is 0 Å². The number of nitrogens with two attached hydrogens (primary N) is 1. The summed E-state index contributed by atoms with van der Waals surface area (Å²) in [5.41, 5.74) is 5.47. The molecule has 1 atom stereocenters. The number of carbonyl (C=O) groups excluding carboxylic acids is 1. The van der Waals surface area contributed by atoms with Crippen LogP contribution in [0.3, 0.4) is 0 Å². The van der Waals surface area contributed by atoms with Crippen molar-refractivity contribution in [2.24, 2.45) is 17.1 Å². The molecule has 0 aliphatic heterocycles. The zero-order valence-electron chi connectivity index (χ0n) is 10.9. The number of nitriles is 1. The molecule has 4 heteroatoms. The number of hydrogen-bond donors (Lipinski definition) is 1. The normalized spacial score (nSPS) is 20.4. The summed E-state index contributed by atoms with van der Waals surface area (Å²) in [5, 5.41) is 8.78. The van der Waals surface area contributed by atoms with Crippen molar-refractivity contribution in [2.75, 3.05) is 20.1 Å². The van der Waals surface area contributed by atoms with Gasteiger partial charge in [0.1, 0.15) is 0 Å². The number of nitrogens with zero attached hydrogens (tertiary/aromatic N) is 2. The molecule has 0 aromatic carbocycles. The van der Waals surface area contributed by atoms with Crippen LogP contribution in [0, 0.1) is 22.7 Å². The van der Waals surface area contributed by atoms with Gasteiger partial charge in [-0.25, -0.2) is 0 Å². The maximum absolute atomic E-state index is 12.4. The summed E-state index contributed by atoms with van der Waals surface area (Å²) in [7, 11) is 1.78. The van der Waals surface area contributed by atoms with Crippen LogP contribution < -0.4 is 5.73 Å². The van der Waals surface area contributed by atoms with Crippen molar-refractivity contribution in [3.8, 4) is 6.07 Å². The van der Waals surface area contributed by atoms with Gasteiger partial charge in [-0.05, 0) is 19.8 Å². The van der Waals surface area contributed by atoms with E-state index in [9.17, 15) is 4.79 Å². The second kappa shape index (κ2) is 6.02. The highest BCUT2D eigenvalue weighted by Gasteiger charge is 2.39. The van der Waals surface area contributed by atoms with Gasteiger partial charge in [0, 0.05) is 20.1 Å². The standard InChI is InChI=1S/C13H23N3O/c1-11(8-14)9-16(2)12(17)13(10-15)6-4-3-5-7-13/h11H,3-7,9-10,15H2,1-2H3. The first-order valence-corrected chi connectivity index (χ1v) is 6.41. The molecule has 0 aromatic rings. The molecule has 1 aliphatic rings. The maximum atomic E-state index is 12.4. The maximum Gasteiger partial charge on any atom is 0.229 e. The van der Waals surface area contributed by atoms with Crippen molar-refractivity contribution in [3.63, 3.8) is 0 Å². The topological polar surface area (TPSA) is 70.1 Å². The molecule has 1 amide bonds. The SMILES string of the molecule is CC(C#N)CN(C)C(=O)C1(CN)CCCCC1. The minimum absolute atomic E-state index is 0.123. The van der Waals surface area contributed by atoms with E-state index in [4.69, 9.17) is 11.0 Å². The molecule has 2 N–H and O–H groups in total. The summed E-state index contributed by atoms with van der Waals surface area (Å²) in [5.74, 6) is 0.00386. The lowest BCUT2D eigenvalue weighted by molar-refractivity contribution is -0.142. The lowest BCUT2D eigenvalue weighted by atomic mass is 9.73. The van der Waals surface area contributed by atoms with Crippen LogP contribution in [0.5, 0.6) is 0 Å². The number of carbonyl (C=O) groups is 1. The van der Waals surface area contributed by atoms with Crippen LogP contribution in [0.2, 0.25) is 0 Å². The first-order chi connectivity index (χ1) is 8.05. The van der Waals surface area contributed by atoms with Crippen molar-refractivity contribution in [2.45, 2.75) is 39.0 Å². The Kier molecular flexibility index (Phi) is 4.95. The molecule has 1 fully saturated rings. The predicted molar refractivity (Wildman–Crippen MR) is 67.0 cm³/mol. The fourth-order valence-electron chi connectivity index (χ4n) is 2.67. The Morgan fingerprint density at radius 3 is 2.53 bits per heavy atom. The largest absolute Gasteiger partial charge is 0.344 e. The van der Waals surface area contributed by atoms with E-state index in [1.54, 1.807) is 11.9 Å². The van der Waals surface area contributed by atoms with Gasteiger partial charge in [-0.2, -0.15) is 5.26 Å². The molecule has 1 unspecified atom stereocenters. The van der Waals surface area contributed by atoms with E-state index in [0.29, 0.717) is 13.1 Å². The van der Waals surface area contributed by atoms with E-state index >= 15 is 0 Å².